The van der Waals surface area contributed by atoms with Crippen molar-refractivity contribution in [2.75, 3.05) is 12.4 Å². The van der Waals surface area contributed by atoms with Crippen molar-refractivity contribution in [3.05, 3.63) is 48.5 Å². The van der Waals surface area contributed by atoms with Gasteiger partial charge in [-0.3, -0.25) is 9.00 Å². The van der Waals surface area contributed by atoms with Gasteiger partial charge in [-0.1, -0.05) is 0 Å². The van der Waals surface area contributed by atoms with Crippen molar-refractivity contribution >= 4 is 17.2 Å². The minimum atomic E-state index is -4.76. The van der Waals surface area contributed by atoms with Crippen LogP contribution in [0.25, 0.3) is 0 Å². The number of hydrogen-bond acceptors (Lipinski definition) is 6. The number of ether oxygens (including phenoxy) is 4. The molecule has 1 heterocycles. The molecule has 1 amide bonds. The Hall–Kier alpha value is -2.63. The van der Waals surface area contributed by atoms with E-state index in [9.17, 15) is 22.2 Å². The minimum Gasteiger partial charge on any atom is -0.457 e. The Morgan fingerprint density at radius 2 is 1.69 bits per heavy atom. The van der Waals surface area contributed by atoms with Crippen molar-refractivity contribution in [3.63, 3.8) is 0 Å². The first-order chi connectivity index (χ1) is 15.0. The minimum absolute atomic E-state index is 0.129. The summed E-state index contributed by atoms with van der Waals surface area (Å²) in [6, 6.07) is 10.9. The molecule has 1 saturated heterocycles. The van der Waals surface area contributed by atoms with Gasteiger partial charge in [0.15, 0.2) is 5.79 Å². The number of carbonyl (C=O) groups excluding carboxylic acids is 1. The van der Waals surface area contributed by atoms with Crippen LogP contribution in [0.2, 0.25) is 0 Å². The summed E-state index contributed by atoms with van der Waals surface area (Å²) in [5.41, 5.74) is 0. The Labute approximate surface area is 185 Å². The van der Waals surface area contributed by atoms with Gasteiger partial charge in [-0.2, -0.15) is 0 Å². The third-order valence-corrected chi connectivity index (χ3v) is 5.93. The molecule has 0 aromatic heterocycles. The summed E-state index contributed by atoms with van der Waals surface area (Å²) < 4.78 is 70.1. The van der Waals surface area contributed by atoms with Crippen LogP contribution in [0.1, 0.15) is 13.8 Å². The molecular formula is C21H22F3NO6S. The number of carbonyl (C=O) groups is 1. The van der Waals surface area contributed by atoms with Crippen LogP contribution < -0.4 is 14.8 Å². The highest BCUT2D eigenvalue weighted by atomic mass is 32.2. The van der Waals surface area contributed by atoms with Gasteiger partial charge in [0.05, 0.1) is 29.2 Å². The van der Waals surface area contributed by atoms with Crippen LogP contribution in [0.15, 0.2) is 53.4 Å². The molecule has 3 unspecified atom stereocenters. The van der Waals surface area contributed by atoms with Gasteiger partial charge < -0.3 is 24.3 Å². The smallest absolute Gasteiger partial charge is 0.457 e. The van der Waals surface area contributed by atoms with Gasteiger partial charge >= 0.3 is 6.36 Å². The van der Waals surface area contributed by atoms with E-state index >= 15 is 0 Å². The van der Waals surface area contributed by atoms with Crippen molar-refractivity contribution < 1.29 is 41.1 Å². The number of amides is 1. The van der Waals surface area contributed by atoms with Crippen LogP contribution in [0.5, 0.6) is 17.2 Å². The molecule has 32 heavy (non-hydrogen) atoms. The zero-order valence-electron chi connectivity index (χ0n) is 17.3. The summed E-state index contributed by atoms with van der Waals surface area (Å²) in [6.07, 6.45) is -4.65. The molecule has 174 valence electrons. The highest BCUT2D eigenvalue weighted by molar-refractivity contribution is 7.85. The normalized spacial score (nSPS) is 19.7. The summed E-state index contributed by atoms with van der Waals surface area (Å²) in [7, 11) is -1.44. The maximum absolute atomic E-state index is 12.8. The molecule has 2 aromatic carbocycles. The second kappa shape index (κ2) is 9.88. The van der Waals surface area contributed by atoms with Crippen LogP contribution in [0, 0.1) is 0 Å². The lowest BCUT2D eigenvalue weighted by molar-refractivity contribution is -0.274. The fourth-order valence-electron chi connectivity index (χ4n) is 3.03. The van der Waals surface area contributed by atoms with E-state index in [0.29, 0.717) is 22.8 Å². The van der Waals surface area contributed by atoms with Crippen LogP contribution in [0.3, 0.4) is 0 Å². The third kappa shape index (κ3) is 6.94. The van der Waals surface area contributed by atoms with Gasteiger partial charge in [-0.05, 0) is 62.4 Å². The van der Waals surface area contributed by atoms with Gasteiger partial charge in [0.25, 0.3) is 0 Å². The second-order valence-electron chi connectivity index (χ2n) is 7.36. The van der Waals surface area contributed by atoms with Crippen molar-refractivity contribution in [2.45, 2.75) is 43.0 Å². The van der Waals surface area contributed by atoms with Gasteiger partial charge in [0.2, 0.25) is 6.41 Å². The molecule has 2 aromatic rings. The lowest BCUT2D eigenvalue weighted by Crippen LogP contribution is -2.45. The van der Waals surface area contributed by atoms with E-state index in [2.05, 4.69) is 10.1 Å². The van der Waals surface area contributed by atoms with E-state index in [1.165, 1.54) is 12.1 Å². The van der Waals surface area contributed by atoms with E-state index < -0.39 is 35.1 Å². The number of nitrogens with one attached hydrogen (secondary N) is 1. The molecule has 0 bridgehead atoms. The number of hydrogen-bond donors (Lipinski definition) is 1. The lowest BCUT2D eigenvalue weighted by atomic mass is 10.2. The van der Waals surface area contributed by atoms with E-state index in [-0.39, 0.29) is 18.1 Å². The van der Waals surface area contributed by atoms with Crippen molar-refractivity contribution in [1.82, 2.24) is 5.32 Å². The summed E-state index contributed by atoms with van der Waals surface area (Å²) in [6.45, 7) is 3.80. The Balaban J connectivity index is 1.59. The molecule has 0 radical (unpaired) electrons. The SMILES string of the molecule is CC1(C)OCC(C(CS(=O)c2ccc(Oc3ccc(OC(F)(F)F)cc3)cc2)NC=O)O1. The van der Waals surface area contributed by atoms with Crippen LogP contribution >= 0.6 is 0 Å². The maximum Gasteiger partial charge on any atom is 0.573 e. The van der Waals surface area contributed by atoms with Crippen LogP contribution in [-0.4, -0.2) is 47.3 Å². The zero-order chi connectivity index (χ0) is 23.4. The largest absolute Gasteiger partial charge is 0.573 e. The number of rotatable bonds is 9. The molecule has 3 atom stereocenters. The Bertz CT molecular complexity index is 934. The molecule has 7 nitrogen and oxygen atoms in total. The first kappa shape index (κ1) is 24.0. The molecule has 11 heteroatoms. The first-order valence-corrected chi connectivity index (χ1v) is 10.9. The monoisotopic (exact) mass is 473 g/mol. The summed E-state index contributed by atoms with van der Waals surface area (Å²) >= 11 is 0. The number of alkyl halides is 3. The molecule has 0 saturated carbocycles. The molecule has 1 fully saturated rings. The molecule has 3 rings (SSSR count). The second-order valence-corrected chi connectivity index (χ2v) is 8.86. The third-order valence-electron chi connectivity index (χ3n) is 4.47. The predicted molar refractivity (Wildman–Crippen MR) is 109 cm³/mol. The fraction of sp³-hybridized carbons (Fsp3) is 0.381. The molecular weight excluding hydrogens is 451 g/mol. The first-order valence-electron chi connectivity index (χ1n) is 9.58. The van der Waals surface area contributed by atoms with Crippen LogP contribution in [0.4, 0.5) is 13.2 Å². The molecule has 0 aliphatic carbocycles. The average molecular weight is 473 g/mol. The Kier molecular flexibility index (Phi) is 7.42. The van der Waals surface area contributed by atoms with Gasteiger partial charge in [0, 0.05) is 4.90 Å². The summed E-state index contributed by atoms with van der Waals surface area (Å²) in [5.74, 6) is -0.278. The van der Waals surface area contributed by atoms with E-state index in [1.54, 1.807) is 38.1 Å². The standard InChI is InChI=1S/C21H22F3NO6S/c1-20(2)28-11-19(31-20)18(25-13-26)12-32(27)17-9-7-15(8-10-17)29-14-3-5-16(6-4-14)30-21(22,23)24/h3-10,13,18-19H,11-12H2,1-2H3,(H,25,26). The topological polar surface area (TPSA) is 83.1 Å². The molecule has 1 N–H and O–H groups in total. The quantitative estimate of drug-likeness (QED) is 0.559. The fourth-order valence-corrected chi connectivity index (χ4v) is 4.30. The van der Waals surface area contributed by atoms with Crippen molar-refractivity contribution in [1.29, 1.82) is 0 Å². The van der Waals surface area contributed by atoms with E-state index in [0.717, 1.165) is 12.1 Å². The highest BCUT2D eigenvalue weighted by Crippen LogP contribution is 2.28. The van der Waals surface area contributed by atoms with Crippen LogP contribution in [-0.2, 0) is 25.1 Å². The van der Waals surface area contributed by atoms with Gasteiger partial charge in [0.1, 0.15) is 23.4 Å². The number of halogens is 3. The van der Waals surface area contributed by atoms with Crippen molar-refractivity contribution in [3.8, 4) is 17.2 Å². The maximum atomic E-state index is 12.8. The number of benzene rings is 2. The molecule has 1 aliphatic rings. The van der Waals surface area contributed by atoms with Crippen molar-refractivity contribution in [2.24, 2.45) is 0 Å². The van der Waals surface area contributed by atoms with E-state index in [1.807, 2.05) is 0 Å². The zero-order valence-corrected chi connectivity index (χ0v) is 18.1. The highest BCUT2D eigenvalue weighted by Gasteiger charge is 2.38. The summed E-state index contributed by atoms with van der Waals surface area (Å²) in [4.78, 5) is 11.5. The van der Waals surface area contributed by atoms with Gasteiger partial charge in [-0.15, -0.1) is 13.2 Å². The Morgan fingerprint density at radius 1 is 1.12 bits per heavy atom. The molecule has 1 aliphatic heterocycles. The summed E-state index contributed by atoms with van der Waals surface area (Å²) in [5, 5.41) is 2.64. The Morgan fingerprint density at radius 3 is 2.19 bits per heavy atom. The predicted octanol–water partition coefficient (Wildman–Crippen LogP) is 3.75. The van der Waals surface area contributed by atoms with Gasteiger partial charge in [-0.25, -0.2) is 0 Å². The lowest BCUT2D eigenvalue weighted by Gasteiger charge is -2.23. The average Bonchev–Trinajstić information content (AvgIpc) is 3.08. The van der Waals surface area contributed by atoms with E-state index in [4.69, 9.17) is 14.2 Å². The molecule has 0 spiro atoms.